The minimum Gasteiger partial charge on any atom is -0.481 e. The van der Waals surface area contributed by atoms with Gasteiger partial charge in [-0.25, -0.2) is 4.98 Å². The quantitative estimate of drug-likeness (QED) is 0.110. The van der Waals surface area contributed by atoms with Gasteiger partial charge in [0.15, 0.2) is 0 Å². The lowest BCUT2D eigenvalue weighted by Gasteiger charge is -2.23. The number of carboxylic acids is 1. The summed E-state index contributed by atoms with van der Waals surface area (Å²) in [4.78, 5) is 34.3. The molecule has 7 rings (SSSR count). The Morgan fingerprint density at radius 2 is 1.75 bits per heavy atom. The lowest BCUT2D eigenvalue weighted by atomic mass is 9.90. The third-order valence-corrected chi connectivity index (χ3v) is 11.5. The van der Waals surface area contributed by atoms with E-state index in [9.17, 15) is 27.9 Å². The summed E-state index contributed by atoms with van der Waals surface area (Å²) in [6.07, 6.45) is -1.86. The lowest BCUT2D eigenvalue weighted by Crippen LogP contribution is -2.35. The number of carbonyl (C=O) groups excluding carboxylic acids is 1. The highest BCUT2D eigenvalue weighted by molar-refractivity contribution is 6.36. The van der Waals surface area contributed by atoms with E-state index in [2.05, 4.69) is 20.9 Å². The Bertz CT molecular complexity index is 2150. The average molecular weight is 793 g/mol. The standard InChI is InChI=1S/C41H44ClF3N6O5/c1-40(39(53)54)16-17-51(22-40)21-24-18-31(41(43,44)45)36(50-38(24)56-3)48-32-14-12-27-26(6-4-7-28(27)32)29-8-5-9-30(35(29)42)33-13-10-23(37(49-33)55-2)19-46-20-25-11-15-34(52)47-25/h4-10,13,18,25,32,46H,11-12,14-17,19-22H2,1-3H3,(H,47,52)(H,48,50)(H,53,54)/t25-,32-,40+/m0/s1. The number of hydrogen-bond acceptors (Lipinski definition) is 9. The minimum atomic E-state index is -4.71. The maximum atomic E-state index is 14.6. The predicted molar refractivity (Wildman–Crippen MR) is 206 cm³/mol. The van der Waals surface area contributed by atoms with Gasteiger partial charge in [0.05, 0.1) is 42.0 Å². The number of carboxylic acid groups (broad SMARTS) is 1. The second kappa shape index (κ2) is 15.9. The second-order valence-corrected chi connectivity index (χ2v) is 15.3. The number of anilines is 1. The number of benzene rings is 2. The molecule has 56 heavy (non-hydrogen) atoms. The van der Waals surface area contributed by atoms with E-state index in [4.69, 9.17) is 26.1 Å². The van der Waals surface area contributed by atoms with Gasteiger partial charge in [-0.3, -0.25) is 14.5 Å². The highest BCUT2D eigenvalue weighted by Gasteiger charge is 2.42. The minimum absolute atomic E-state index is 0.0496. The summed E-state index contributed by atoms with van der Waals surface area (Å²) in [5.74, 6) is -0.692. The van der Waals surface area contributed by atoms with E-state index >= 15 is 0 Å². The number of carbonyl (C=O) groups is 2. The summed E-state index contributed by atoms with van der Waals surface area (Å²) < 4.78 is 55.0. The molecule has 0 bridgehead atoms. The van der Waals surface area contributed by atoms with Crippen LogP contribution in [0.1, 0.15) is 66.5 Å². The molecule has 0 radical (unpaired) electrons. The predicted octanol–water partition coefficient (Wildman–Crippen LogP) is 7.26. The Morgan fingerprint density at radius 1 is 1.02 bits per heavy atom. The van der Waals surface area contributed by atoms with Crippen LogP contribution in [0, 0.1) is 5.41 Å². The molecular formula is C41H44ClF3N6O5. The monoisotopic (exact) mass is 792 g/mol. The Morgan fingerprint density at radius 3 is 2.45 bits per heavy atom. The number of ether oxygens (including phenoxy) is 2. The molecule has 2 fully saturated rings. The molecule has 11 nitrogen and oxygen atoms in total. The zero-order valence-electron chi connectivity index (χ0n) is 31.4. The highest BCUT2D eigenvalue weighted by Crippen LogP contribution is 2.45. The molecule has 2 aromatic heterocycles. The number of rotatable bonds is 13. The number of amides is 1. The molecule has 0 saturated carbocycles. The molecule has 15 heteroatoms. The molecule has 0 unspecified atom stereocenters. The molecule has 4 heterocycles. The first kappa shape index (κ1) is 39.3. The summed E-state index contributed by atoms with van der Waals surface area (Å²) in [5, 5.41) is 19.5. The first-order valence-corrected chi connectivity index (χ1v) is 19.0. The van der Waals surface area contributed by atoms with Gasteiger partial charge in [0.25, 0.3) is 0 Å². The van der Waals surface area contributed by atoms with Crippen molar-refractivity contribution in [3.63, 3.8) is 0 Å². The number of fused-ring (bicyclic) bond motifs is 1. The lowest BCUT2D eigenvalue weighted by molar-refractivity contribution is -0.147. The van der Waals surface area contributed by atoms with E-state index in [1.165, 1.54) is 7.11 Å². The number of nitrogens with zero attached hydrogens (tertiary/aromatic N) is 3. The fraction of sp³-hybridized carbons (Fsp3) is 0.415. The van der Waals surface area contributed by atoms with E-state index in [1.807, 2.05) is 53.4 Å². The van der Waals surface area contributed by atoms with Crippen LogP contribution in [0.4, 0.5) is 19.0 Å². The highest BCUT2D eigenvalue weighted by atomic mass is 35.5. The van der Waals surface area contributed by atoms with Crippen molar-refractivity contribution in [3.8, 4) is 34.1 Å². The van der Waals surface area contributed by atoms with Crippen molar-refractivity contribution in [2.75, 3.05) is 39.2 Å². The van der Waals surface area contributed by atoms with Crippen LogP contribution in [0.2, 0.25) is 5.02 Å². The normalized spacial score (nSPS) is 20.9. The van der Waals surface area contributed by atoms with E-state index in [0.29, 0.717) is 67.5 Å². The average Bonchev–Trinajstić information content (AvgIpc) is 3.90. The van der Waals surface area contributed by atoms with Crippen molar-refractivity contribution in [2.24, 2.45) is 5.41 Å². The third-order valence-electron chi connectivity index (χ3n) is 11.1. The van der Waals surface area contributed by atoms with E-state index in [1.54, 1.807) is 14.0 Å². The summed E-state index contributed by atoms with van der Waals surface area (Å²) >= 11 is 7.14. The number of aliphatic carboxylic acids is 1. The molecule has 2 aliphatic heterocycles. The summed E-state index contributed by atoms with van der Waals surface area (Å²) in [6.45, 7) is 3.50. The van der Waals surface area contributed by atoms with Gasteiger partial charge in [0.1, 0.15) is 5.82 Å². The molecule has 2 aromatic carbocycles. The molecule has 3 atom stereocenters. The van der Waals surface area contributed by atoms with Crippen LogP contribution >= 0.6 is 11.6 Å². The first-order chi connectivity index (χ1) is 26.8. The van der Waals surface area contributed by atoms with Gasteiger partial charge in [0, 0.05) is 60.9 Å². The summed E-state index contributed by atoms with van der Waals surface area (Å²) in [5.41, 5.74) is 4.00. The van der Waals surface area contributed by atoms with Crippen LogP contribution in [0.3, 0.4) is 0 Å². The molecule has 2 saturated heterocycles. The molecule has 1 amide bonds. The smallest absolute Gasteiger partial charge is 0.419 e. The van der Waals surface area contributed by atoms with Crippen LogP contribution in [-0.4, -0.2) is 71.7 Å². The van der Waals surface area contributed by atoms with Gasteiger partial charge in [-0.05, 0) is 68.0 Å². The number of nitrogens with one attached hydrogen (secondary N) is 3. The van der Waals surface area contributed by atoms with Gasteiger partial charge in [-0.1, -0.05) is 54.1 Å². The molecule has 3 aliphatic rings. The fourth-order valence-electron chi connectivity index (χ4n) is 8.06. The molecule has 296 valence electrons. The number of alkyl halides is 3. The van der Waals surface area contributed by atoms with Crippen molar-refractivity contribution in [2.45, 2.75) is 70.4 Å². The largest absolute Gasteiger partial charge is 0.481 e. The molecular weight excluding hydrogens is 749 g/mol. The van der Waals surface area contributed by atoms with Gasteiger partial charge in [-0.15, -0.1) is 0 Å². The topological polar surface area (TPSA) is 138 Å². The van der Waals surface area contributed by atoms with Crippen molar-refractivity contribution in [3.05, 3.63) is 87.4 Å². The zero-order chi connectivity index (χ0) is 39.8. The van der Waals surface area contributed by atoms with Gasteiger partial charge < -0.3 is 30.5 Å². The van der Waals surface area contributed by atoms with Crippen molar-refractivity contribution in [1.29, 1.82) is 0 Å². The third kappa shape index (κ3) is 8.00. The molecule has 4 N–H and O–H groups in total. The van der Waals surface area contributed by atoms with Crippen molar-refractivity contribution >= 4 is 29.3 Å². The van der Waals surface area contributed by atoms with E-state index < -0.39 is 29.2 Å². The van der Waals surface area contributed by atoms with Crippen LogP contribution in [0.25, 0.3) is 22.4 Å². The van der Waals surface area contributed by atoms with Gasteiger partial charge in [0.2, 0.25) is 17.7 Å². The van der Waals surface area contributed by atoms with E-state index in [0.717, 1.165) is 40.3 Å². The maximum absolute atomic E-state index is 14.6. The second-order valence-electron chi connectivity index (χ2n) is 15.0. The van der Waals surface area contributed by atoms with Crippen LogP contribution in [0.15, 0.2) is 54.6 Å². The van der Waals surface area contributed by atoms with Gasteiger partial charge in [-0.2, -0.15) is 18.2 Å². The summed E-state index contributed by atoms with van der Waals surface area (Å²) in [6, 6.07) is 16.0. The van der Waals surface area contributed by atoms with Crippen molar-refractivity contribution < 1.29 is 37.3 Å². The number of hydrogen-bond donors (Lipinski definition) is 4. The molecule has 1 aliphatic carbocycles. The SMILES string of the molecule is COc1nc(-c2cccc(-c3cccc4c3CC[C@@H]4Nc3nc(OC)c(CN4CC[C@@](C)(C(=O)O)C4)cc3C(F)(F)F)c2Cl)ccc1CNC[C@@H]1CCC(=O)N1. The van der Waals surface area contributed by atoms with Gasteiger partial charge >= 0.3 is 12.1 Å². The number of aromatic nitrogens is 2. The number of pyridine rings is 2. The number of halogens is 4. The Labute approximate surface area is 328 Å². The summed E-state index contributed by atoms with van der Waals surface area (Å²) in [7, 11) is 2.92. The van der Waals surface area contributed by atoms with Crippen LogP contribution in [-0.2, 0) is 35.3 Å². The van der Waals surface area contributed by atoms with Crippen LogP contribution < -0.4 is 25.4 Å². The molecule has 0 spiro atoms. The Kier molecular flexibility index (Phi) is 11.2. The number of methoxy groups -OCH3 is 2. The fourth-order valence-corrected chi connectivity index (χ4v) is 8.39. The zero-order valence-corrected chi connectivity index (χ0v) is 32.1. The number of likely N-dealkylation sites (tertiary alicyclic amines) is 1. The van der Waals surface area contributed by atoms with Crippen molar-refractivity contribution in [1.82, 2.24) is 25.5 Å². The Balaban J connectivity index is 1.12. The molecule has 4 aromatic rings. The van der Waals surface area contributed by atoms with Crippen LogP contribution in [0.5, 0.6) is 11.8 Å². The first-order valence-electron chi connectivity index (χ1n) is 18.6. The van der Waals surface area contributed by atoms with E-state index in [-0.39, 0.29) is 42.3 Å². The maximum Gasteiger partial charge on any atom is 0.419 e. The Hall–Kier alpha value is -4.92.